The highest BCUT2D eigenvalue weighted by Crippen LogP contribution is 2.19. The summed E-state index contributed by atoms with van der Waals surface area (Å²) in [6.45, 7) is 4.09. The van der Waals surface area contributed by atoms with Crippen LogP contribution in [-0.4, -0.2) is 53.1 Å². The number of piperazine rings is 1. The van der Waals surface area contributed by atoms with Gasteiger partial charge in [-0.2, -0.15) is 0 Å². The van der Waals surface area contributed by atoms with Crippen molar-refractivity contribution in [1.29, 1.82) is 0 Å². The summed E-state index contributed by atoms with van der Waals surface area (Å²) in [6.07, 6.45) is 3.52. The fourth-order valence-corrected chi connectivity index (χ4v) is 3.27. The second-order valence-electron chi connectivity index (χ2n) is 6.39. The molecule has 1 saturated heterocycles. The highest BCUT2D eigenvalue weighted by atomic mass is 16.5. The first-order valence-corrected chi connectivity index (χ1v) is 8.67. The molecule has 3 heterocycles. The smallest absolute Gasteiger partial charge is 0.252 e. The minimum Gasteiger partial charge on any atom is -0.497 e. The molecule has 134 valence electrons. The number of hydrogen-bond acceptors (Lipinski definition) is 6. The van der Waals surface area contributed by atoms with Crippen LogP contribution in [0, 0.1) is 0 Å². The van der Waals surface area contributed by atoms with E-state index in [9.17, 15) is 4.79 Å². The van der Waals surface area contributed by atoms with E-state index in [1.807, 2.05) is 30.3 Å². The van der Waals surface area contributed by atoms with Crippen LogP contribution >= 0.6 is 0 Å². The molecule has 1 aliphatic heterocycles. The van der Waals surface area contributed by atoms with Crippen molar-refractivity contribution >= 4 is 16.9 Å². The number of methoxy groups -OCH3 is 1. The molecule has 26 heavy (non-hydrogen) atoms. The van der Waals surface area contributed by atoms with Crippen LogP contribution in [0.1, 0.15) is 5.56 Å². The Morgan fingerprint density at radius 3 is 2.62 bits per heavy atom. The summed E-state index contributed by atoms with van der Waals surface area (Å²) in [5, 5.41) is 1.01. The lowest BCUT2D eigenvalue weighted by Crippen LogP contribution is -2.47. The third-order valence-corrected chi connectivity index (χ3v) is 4.73. The molecule has 0 unspecified atom stereocenters. The molecule has 3 aromatic rings. The second-order valence-corrected chi connectivity index (χ2v) is 6.39. The van der Waals surface area contributed by atoms with Crippen LogP contribution in [0.15, 0.2) is 47.5 Å². The van der Waals surface area contributed by atoms with Gasteiger partial charge < -0.3 is 14.6 Å². The van der Waals surface area contributed by atoms with Gasteiger partial charge in [0.2, 0.25) is 5.95 Å². The summed E-state index contributed by atoms with van der Waals surface area (Å²) in [5.74, 6) is 1.50. The van der Waals surface area contributed by atoms with Gasteiger partial charge >= 0.3 is 0 Å². The maximum Gasteiger partial charge on any atom is 0.252 e. The van der Waals surface area contributed by atoms with Crippen molar-refractivity contribution in [3.05, 3.63) is 58.6 Å². The minimum atomic E-state index is -0.0421. The van der Waals surface area contributed by atoms with E-state index < -0.39 is 0 Å². The molecule has 7 nitrogen and oxygen atoms in total. The maximum atomic E-state index is 12.4. The molecular weight excluding hydrogens is 330 g/mol. The Labute approximate surface area is 151 Å². The maximum absolute atomic E-state index is 12.4. The number of fused-ring (bicyclic) bond motifs is 1. The summed E-state index contributed by atoms with van der Waals surface area (Å²) in [4.78, 5) is 28.5. The molecule has 0 bridgehead atoms. The molecule has 1 aliphatic rings. The second kappa shape index (κ2) is 7.13. The van der Waals surface area contributed by atoms with Gasteiger partial charge in [0, 0.05) is 56.7 Å². The van der Waals surface area contributed by atoms with E-state index >= 15 is 0 Å². The van der Waals surface area contributed by atoms with Crippen LogP contribution in [0.5, 0.6) is 5.75 Å². The van der Waals surface area contributed by atoms with Gasteiger partial charge in [-0.3, -0.25) is 9.69 Å². The van der Waals surface area contributed by atoms with Crippen LogP contribution in [0.3, 0.4) is 0 Å². The normalized spacial score (nSPS) is 15.3. The third-order valence-electron chi connectivity index (χ3n) is 4.73. The molecule has 1 fully saturated rings. The molecule has 0 saturated carbocycles. The first kappa shape index (κ1) is 16.5. The van der Waals surface area contributed by atoms with Gasteiger partial charge in [0.25, 0.3) is 5.56 Å². The highest BCUT2D eigenvalue weighted by molar-refractivity contribution is 5.80. The van der Waals surface area contributed by atoms with Crippen LogP contribution in [0.2, 0.25) is 0 Å². The van der Waals surface area contributed by atoms with Crippen molar-refractivity contribution in [2.75, 3.05) is 38.2 Å². The van der Waals surface area contributed by atoms with E-state index in [0.717, 1.165) is 54.3 Å². The van der Waals surface area contributed by atoms with Gasteiger partial charge in [-0.1, -0.05) is 0 Å². The Balaban J connectivity index is 1.46. The van der Waals surface area contributed by atoms with Crippen molar-refractivity contribution in [2.24, 2.45) is 0 Å². The minimum absolute atomic E-state index is 0.0421. The predicted molar refractivity (Wildman–Crippen MR) is 101 cm³/mol. The summed E-state index contributed by atoms with van der Waals surface area (Å²) in [6, 6.07) is 9.52. The van der Waals surface area contributed by atoms with E-state index in [2.05, 4.69) is 24.8 Å². The Morgan fingerprint density at radius 1 is 1.12 bits per heavy atom. The number of nitrogens with one attached hydrogen (secondary N) is 1. The Kier molecular flexibility index (Phi) is 4.53. The predicted octanol–water partition coefficient (Wildman–Crippen LogP) is 1.65. The average molecular weight is 351 g/mol. The zero-order valence-corrected chi connectivity index (χ0v) is 14.7. The molecule has 2 aromatic heterocycles. The first-order chi connectivity index (χ1) is 12.7. The molecule has 7 heteroatoms. The zero-order valence-electron chi connectivity index (χ0n) is 14.7. The lowest BCUT2D eigenvalue weighted by Gasteiger charge is -2.34. The van der Waals surface area contributed by atoms with E-state index in [4.69, 9.17) is 4.74 Å². The van der Waals surface area contributed by atoms with E-state index in [0.29, 0.717) is 6.54 Å². The number of hydrogen-bond donors (Lipinski definition) is 1. The summed E-state index contributed by atoms with van der Waals surface area (Å²) in [5.41, 5.74) is 1.54. The first-order valence-electron chi connectivity index (χ1n) is 8.67. The third kappa shape index (κ3) is 3.39. The number of aromatic amines is 1. The fraction of sp³-hybridized carbons (Fsp3) is 0.316. The molecule has 1 N–H and O–H groups in total. The van der Waals surface area contributed by atoms with Gasteiger partial charge in [0.15, 0.2) is 0 Å². The molecule has 1 aromatic carbocycles. The average Bonchev–Trinajstić information content (AvgIpc) is 2.69. The molecule has 4 rings (SSSR count). The largest absolute Gasteiger partial charge is 0.497 e. The number of pyridine rings is 1. The molecule has 0 spiro atoms. The number of benzene rings is 1. The van der Waals surface area contributed by atoms with Gasteiger partial charge in [0.1, 0.15) is 5.75 Å². The number of anilines is 1. The highest BCUT2D eigenvalue weighted by Gasteiger charge is 2.19. The topological polar surface area (TPSA) is 74.3 Å². The quantitative estimate of drug-likeness (QED) is 0.770. The molecule has 0 atom stereocenters. The molecule has 0 amide bonds. The van der Waals surface area contributed by atoms with Crippen molar-refractivity contribution in [3.63, 3.8) is 0 Å². The van der Waals surface area contributed by atoms with Crippen LogP contribution in [0.4, 0.5) is 5.95 Å². The summed E-state index contributed by atoms with van der Waals surface area (Å²) in [7, 11) is 1.62. The van der Waals surface area contributed by atoms with Crippen molar-refractivity contribution in [2.45, 2.75) is 6.54 Å². The van der Waals surface area contributed by atoms with Gasteiger partial charge in [0.05, 0.1) is 12.6 Å². The number of rotatable bonds is 4. The van der Waals surface area contributed by atoms with Crippen LogP contribution < -0.4 is 15.2 Å². The van der Waals surface area contributed by atoms with Gasteiger partial charge in [-0.25, -0.2) is 9.97 Å². The van der Waals surface area contributed by atoms with Crippen LogP contribution in [0.25, 0.3) is 10.9 Å². The number of nitrogens with zero attached hydrogens (tertiary/aromatic N) is 4. The van der Waals surface area contributed by atoms with Gasteiger partial charge in [-0.15, -0.1) is 0 Å². The SMILES string of the molecule is COc1ccc2cc(CN3CCN(c4ncccn4)CC3)c(=O)[nH]c2c1. The number of ether oxygens (including phenoxy) is 1. The number of aromatic nitrogens is 3. The van der Waals surface area contributed by atoms with E-state index in [-0.39, 0.29) is 5.56 Å². The Morgan fingerprint density at radius 2 is 1.88 bits per heavy atom. The monoisotopic (exact) mass is 351 g/mol. The standard InChI is InChI=1S/C19H21N5O2/c1-26-16-4-3-14-11-15(18(25)22-17(14)12-16)13-23-7-9-24(10-8-23)19-20-5-2-6-21-19/h2-6,11-12H,7-10,13H2,1H3,(H,22,25). The number of H-pyrrole nitrogens is 1. The Hall–Kier alpha value is -2.93. The molecule has 0 radical (unpaired) electrons. The molecular formula is C19H21N5O2. The van der Waals surface area contributed by atoms with Gasteiger partial charge in [-0.05, 0) is 29.7 Å². The Bertz CT molecular complexity index is 949. The van der Waals surface area contributed by atoms with Crippen LogP contribution in [-0.2, 0) is 6.54 Å². The summed E-state index contributed by atoms with van der Waals surface area (Å²) < 4.78 is 5.22. The van der Waals surface area contributed by atoms with Crippen molar-refractivity contribution in [1.82, 2.24) is 19.9 Å². The molecule has 0 aliphatic carbocycles. The van der Waals surface area contributed by atoms with Crippen molar-refractivity contribution < 1.29 is 4.74 Å². The summed E-state index contributed by atoms with van der Waals surface area (Å²) >= 11 is 0. The fourth-order valence-electron chi connectivity index (χ4n) is 3.27. The van der Waals surface area contributed by atoms with Crippen molar-refractivity contribution in [3.8, 4) is 5.75 Å². The van der Waals surface area contributed by atoms with E-state index in [1.165, 1.54) is 0 Å². The zero-order chi connectivity index (χ0) is 17.9. The lowest BCUT2D eigenvalue weighted by molar-refractivity contribution is 0.248. The van der Waals surface area contributed by atoms with E-state index in [1.54, 1.807) is 19.5 Å². The lowest BCUT2D eigenvalue weighted by atomic mass is 10.1.